The van der Waals surface area contributed by atoms with Crippen molar-refractivity contribution >= 4 is 28.5 Å². The van der Waals surface area contributed by atoms with Crippen LogP contribution < -0.4 is 5.73 Å². The van der Waals surface area contributed by atoms with Crippen LogP contribution in [0.4, 0.5) is 5.69 Å². The maximum absolute atomic E-state index is 5.74. The SMILES string of the molecule is CCC(C)n1ccc(CSc2nc3cc(N)ccc3o2)n1. The van der Waals surface area contributed by atoms with Crippen molar-refractivity contribution in [1.82, 2.24) is 14.8 Å². The van der Waals surface area contributed by atoms with E-state index in [4.69, 9.17) is 10.2 Å². The van der Waals surface area contributed by atoms with E-state index in [-0.39, 0.29) is 0 Å². The molecular weight excluding hydrogens is 284 g/mol. The number of rotatable bonds is 5. The molecule has 0 radical (unpaired) electrons. The van der Waals surface area contributed by atoms with Crippen LogP contribution in [0.3, 0.4) is 0 Å². The Hall–Kier alpha value is -1.95. The molecule has 0 amide bonds. The molecule has 1 unspecified atom stereocenters. The van der Waals surface area contributed by atoms with Gasteiger partial charge in [0.1, 0.15) is 5.52 Å². The first kappa shape index (κ1) is 14.0. The van der Waals surface area contributed by atoms with Crippen LogP contribution in [0.1, 0.15) is 32.0 Å². The van der Waals surface area contributed by atoms with E-state index >= 15 is 0 Å². The lowest BCUT2D eigenvalue weighted by molar-refractivity contribution is 0.474. The second kappa shape index (κ2) is 5.81. The van der Waals surface area contributed by atoms with Gasteiger partial charge in [0.05, 0.1) is 5.69 Å². The molecule has 0 fully saturated rings. The van der Waals surface area contributed by atoms with Gasteiger partial charge in [-0.1, -0.05) is 18.7 Å². The fourth-order valence-electron chi connectivity index (χ4n) is 2.01. The fourth-order valence-corrected chi connectivity index (χ4v) is 2.74. The van der Waals surface area contributed by atoms with E-state index in [0.717, 1.165) is 29.0 Å². The van der Waals surface area contributed by atoms with Gasteiger partial charge in [-0.25, -0.2) is 4.98 Å². The molecule has 0 spiro atoms. The molecule has 0 saturated carbocycles. The maximum atomic E-state index is 5.74. The summed E-state index contributed by atoms with van der Waals surface area (Å²) in [5.74, 6) is 0.742. The number of nitrogens with zero attached hydrogens (tertiary/aromatic N) is 3. The minimum absolute atomic E-state index is 0.427. The minimum Gasteiger partial charge on any atom is -0.431 e. The summed E-state index contributed by atoms with van der Waals surface area (Å²) in [6.07, 6.45) is 3.09. The van der Waals surface area contributed by atoms with Crippen LogP contribution in [0.15, 0.2) is 40.1 Å². The molecule has 0 saturated heterocycles. The second-order valence-corrected chi connectivity index (χ2v) is 5.97. The van der Waals surface area contributed by atoms with Crippen LogP contribution in [0, 0.1) is 0 Å². The summed E-state index contributed by atoms with van der Waals surface area (Å²) in [4.78, 5) is 4.43. The fraction of sp³-hybridized carbons (Fsp3) is 0.333. The molecular formula is C15H18N4OS. The van der Waals surface area contributed by atoms with E-state index in [0.29, 0.717) is 17.0 Å². The molecule has 3 rings (SSSR count). The van der Waals surface area contributed by atoms with Gasteiger partial charge in [-0.15, -0.1) is 0 Å². The molecule has 0 aliphatic heterocycles. The first-order valence-corrected chi connectivity index (χ1v) is 7.97. The zero-order valence-corrected chi connectivity index (χ0v) is 12.9. The highest BCUT2D eigenvalue weighted by Gasteiger charge is 2.09. The molecule has 0 aliphatic rings. The number of anilines is 1. The van der Waals surface area contributed by atoms with Crippen LogP contribution in [-0.4, -0.2) is 14.8 Å². The van der Waals surface area contributed by atoms with Gasteiger partial charge in [0.25, 0.3) is 5.22 Å². The summed E-state index contributed by atoms with van der Waals surface area (Å²) >= 11 is 1.54. The van der Waals surface area contributed by atoms with Crippen molar-refractivity contribution in [3.63, 3.8) is 0 Å². The van der Waals surface area contributed by atoms with Gasteiger partial charge in [-0.2, -0.15) is 5.10 Å². The van der Waals surface area contributed by atoms with Crippen LogP contribution in [0.5, 0.6) is 0 Å². The van der Waals surface area contributed by atoms with Crippen LogP contribution >= 0.6 is 11.8 Å². The predicted octanol–water partition coefficient (Wildman–Crippen LogP) is 3.87. The second-order valence-electron chi connectivity index (χ2n) is 5.04. The summed E-state index contributed by atoms with van der Waals surface area (Å²) in [6, 6.07) is 7.95. The summed E-state index contributed by atoms with van der Waals surface area (Å²) in [5.41, 5.74) is 9.02. The average molecular weight is 302 g/mol. The van der Waals surface area contributed by atoms with Gasteiger partial charge in [0.2, 0.25) is 0 Å². The standard InChI is InChI=1S/C15H18N4OS/c1-3-10(2)19-7-6-12(18-19)9-21-15-17-13-8-11(16)4-5-14(13)20-15/h4-8,10H,3,9,16H2,1-2H3. The molecule has 0 aliphatic carbocycles. The number of fused-ring (bicyclic) bond motifs is 1. The van der Waals surface area contributed by atoms with Crippen molar-refractivity contribution in [1.29, 1.82) is 0 Å². The van der Waals surface area contributed by atoms with Gasteiger partial charge in [0.15, 0.2) is 5.58 Å². The Morgan fingerprint density at radius 3 is 3.05 bits per heavy atom. The Morgan fingerprint density at radius 2 is 2.24 bits per heavy atom. The number of aromatic nitrogens is 3. The lowest BCUT2D eigenvalue weighted by Gasteiger charge is -2.07. The summed E-state index contributed by atoms with van der Waals surface area (Å²) < 4.78 is 7.68. The van der Waals surface area contributed by atoms with Gasteiger partial charge < -0.3 is 10.2 Å². The summed E-state index contributed by atoms with van der Waals surface area (Å²) in [5, 5.41) is 5.22. The van der Waals surface area contributed by atoms with Crippen molar-refractivity contribution in [2.75, 3.05) is 5.73 Å². The number of benzene rings is 1. The minimum atomic E-state index is 0.427. The van der Waals surface area contributed by atoms with E-state index in [2.05, 4.69) is 23.9 Å². The predicted molar refractivity (Wildman–Crippen MR) is 85.2 cm³/mol. The Balaban J connectivity index is 1.69. The molecule has 2 aromatic heterocycles. The third kappa shape index (κ3) is 3.05. The van der Waals surface area contributed by atoms with Crippen LogP contribution in [0.2, 0.25) is 0 Å². The third-order valence-electron chi connectivity index (χ3n) is 3.44. The first-order valence-electron chi connectivity index (χ1n) is 6.98. The summed E-state index contributed by atoms with van der Waals surface area (Å²) in [6.45, 7) is 4.32. The van der Waals surface area contributed by atoms with Gasteiger partial charge in [-0.3, -0.25) is 4.68 Å². The Morgan fingerprint density at radius 1 is 1.38 bits per heavy atom. The number of hydrogen-bond acceptors (Lipinski definition) is 5. The molecule has 110 valence electrons. The Labute approximate surface area is 127 Å². The lowest BCUT2D eigenvalue weighted by Crippen LogP contribution is -2.04. The third-order valence-corrected chi connectivity index (χ3v) is 4.30. The smallest absolute Gasteiger partial charge is 0.257 e. The molecule has 3 aromatic rings. The zero-order chi connectivity index (χ0) is 14.8. The molecule has 1 atom stereocenters. The monoisotopic (exact) mass is 302 g/mol. The largest absolute Gasteiger partial charge is 0.431 e. The van der Waals surface area contributed by atoms with Gasteiger partial charge in [0, 0.05) is 23.7 Å². The van der Waals surface area contributed by atoms with Crippen molar-refractivity contribution < 1.29 is 4.42 Å². The van der Waals surface area contributed by atoms with Crippen molar-refractivity contribution in [3.8, 4) is 0 Å². The highest BCUT2D eigenvalue weighted by molar-refractivity contribution is 7.98. The topological polar surface area (TPSA) is 69.9 Å². The molecule has 2 N–H and O–H groups in total. The van der Waals surface area contributed by atoms with Gasteiger partial charge >= 0.3 is 0 Å². The van der Waals surface area contributed by atoms with Crippen molar-refractivity contribution in [3.05, 3.63) is 36.2 Å². The number of thioether (sulfide) groups is 1. The van der Waals surface area contributed by atoms with Crippen LogP contribution in [-0.2, 0) is 5.75 Å². The van der Waals surface area contributed by atoms with Crippen molar-refractivity contribution in [2.45, 2.75) is 37.3 Å². The van der Waals surface area contributed by atoms with E-state index in [1.807, 2.05) is 35.1 Å². The molecule has 5 nitrogen and oxygen atoms in total. The lowest BCUT2D eigenvalue weighted by atomic mass is 10.3. The molecule has 6 heteroatoms. The zero-order valence-electron chi connectivity index (χ0n) is 12.1. The summed E-state index contributed by atoms with van der Waals surface area (Å²) in [7, 11) is 0. The molecule has 2 heterocycles. The van der Waals surface area contributed by atoms with Crippen molar-refractivity contribution in [2.24, 2.45) is 0 Å². The number of oxazole rings is 1. The number of nitrogens with two attached hydrogens (primary N) is 1. The normalized spacial score (nSPS) is 12.9. The Bertz CT molecular complexity index is 749. The van der Waals surface area contributed by atoms with E-state index < -0.39 is 0 Å². The van der Waals surface area contributed by atoms with E-state index in [1.54, 1.807) is 11.8 Å². The van der Waals surface area contributed by atoms with Gasteiger partial charge in [-0.05, 0) is 37.6 Å². The number of hydrogen-bond donors (Lipinski definition) is 1. The quantitative estimate of drug-likeness (QED) is 0.572. The molecule has 1 aromatic carbocycles. The average Bonchev–Trinajstić information content (AvgIpc) is 3.10. The molecule has 21 heavy (non-hydrogen) atoms. The highest BCUT2D eigenvalue weighted by Crippen LogP contribution is 2.27. The Kier molecular flexibility index (Phi) is 3.88. The highest BCUT2D eigenvalue weighted by atomic mass is 32.2. The maximum Gasteiger partial charge on any atom is 0.257 e. The number of nitrogen functional groups attached to an aromatic ring is 1. The first-order chi connectivity index (χ1) is 10.2. The van der Waals surface area contributed by atoms with E-state index in [1.165, 1.54) is 0 Å². The van der Waals surface area contributed by atoms with Crippen LogP contribution in [0.25, 0.3) is 11.1 Å². The molecule has 0 bridgehead atoms. The van der Waals surface area contributed by atoms with E-state index in [9.17, 15) is 0 Å².